The second kappa shape index (κ2) is 15.0. The Bertz CT molecular complexity index is 1820. The lowest BCUT2D eigenvalue weighted by Crippen LogP contribution is -2.30. The number of ether oxygens (including phenoxy) is 1. The SMILES string of the molecule is COc1cccc(-c2csc(NC(=O)C(C)Sc3cccc(NC(=O)/C(=C/c4ccccc4)NC(=O)c4ccccc4)c3)n2)c1. The van der Waals surface area contributed by atoms with Gasteiger partial charge in [0.1, 0.15) is 11.4 Å². The van der Waals surface area contributed by atoms with E-state index in [-0.39, 0.29) is 11.6 Å². The van der Waals surface area contributed by atoms with Crippen molar-refractivity contribution in [3.8, 4) is 17.0 Å². The maximum absolute atomic E-state index is 13.4. The molecule has 0 radical (unpaired) electrons. The van der Waals surface area contributed by atoms with E-state index in [0.29, 0.717) is 16.4 Å². The first-order valence-electron chi connectivity index (χ1n) is 14.0. The van der Waals surface area contributed by atoms with Crippen molar-refractivity contribution < 1.29 is 19.1 Å². The van der Waals surface area contributed by atoms with Crippen LogP contribution < -0.4 is 20.7 Å². The van der Waals surface area contributed by atoms with E-state index in [9.17, 15) is 14.4 Å². The number of thiazole rings is 1. The number of amides is 3. The van der Waals surface area contributed by atoms with Crippen LogP contribution in [0.4, 0.5) is 10.8 Å². The molecule has 0 bridgehead atoms. The fraction of sp³-hybridized carbons (Fsp3) is 0.0857. The molecule has 1 aromatic heterocycles. The Morgan fingerprint density at radius 1 is 0.867 bits per heavy atom. The lowest BCUT2D eigenvalue weighted by Gasteiger charge is -2.13. The minimum atomic E-state index is -0.480. The zero-order chi connectivity index (χ0) is 31.6. The van der Waals surface area contributed by atoms with Gasteiger partial charge in [0.05, 0.1) is 18.1 Å². The van der Waals surface area contributed by atoms with Gasteiger partial charge in [0.2, 0.25) is 5.91 Å². The minimum Gasteiger partial charge on any atom is -0.497 e. The summed E-state index contributed by atoms with van der Waals surface area (Å²) in [6.45, 7) is 1.81. The summed E-state index contributed by atoms with van der Waals surface area (Å²) >= 11 is 2.70. The van der Waals surface area contributed by atoms with Gasteiger partial charge in [-0.1, -0.05) is 66.7 Å². The average Bonchev–Trinajstić information content (AvgIpc) is 3.54. The highest BCUT2D eigenvalue weighted by atomic mass is 32.2. The third kappa shape index (κ3) is 8.69. The van der Waals surface area contributed by atoms with Crippen molar-refractivity contribution in [1.82, 2.24) is 10.3 Å². The van der Waals surface area contributed by atoms with Crippen LogP contribution in [-0.2, 0) is 9.59 Å². The first-order chi connectivity index (χ1) is 21.9. The largest absolute Gasteiger partial charge is 0.497 e. The van der Waals surface area contributed by atoms with Crippen molar-refractivity contribution in [2.45, 2.75) is 17.1 Å². The monoisotopic (exact) mass is 634 g/mol. The second-order valence-corrected chi connectivity index (χ2v) is 12.1. The van der Waals surface area contributed by atoms with Crippen LogP contribution in [0.25, 0.3) is 17.3 Å². The number of hydrogen-bond acceptors (Lipinski definition) is 7. The molecule has 0 aliphatic rings. The summed E-state index contributed by atoms with van der Waals surface area (Å²) in [4.78, 5) is 44.6. The number of benzene rings is 4. The molecule has 3 amide bonds. The van der Waals surface area contributed by atoms with Crippen molar-refractivity contribution >= 4 is 57.7 Å². The van der Waals surface area contributed by atoms with E-state index >= 15 is 0 Å². The smallest absolute Gasteiger partial charge is 0.272 e. The topological polar surface area (TPSA) is 109 Å². The number of thioether (sulfide) groups is 1. The predicted molar refractivity (Wildman–Crippen MR) is 181 cm³/mol. The molecular formula is C35H30N4O4S2. The van der Waals surface area contributed by atoms with Gasteiger partial charge >= 0.3 is 0 Å². The van der Waals surface area contributed by atoms with Gasteiger partial charge in [0.25, 0.3) is 11.8 Å². The Hall–Kier alpha value is -5.19. The summed E-state index contributed by atoms with van der Waals surface area (Å²) < 4.78 is 5.29. The van der Waals surface area contributed by atoms with E-state index in [1.54, 1.807) is 55.7 Å². The number of anilines is 2. The van der Waals surface area contributed by atoms with Crippen LogP contribution in [-0.4, -0.2) is 35.1 Å². The molecule has 0 aliphatic heterocycles. The molecule has 10 heteroatoms. The maximum atomic E-state index is 13.4. The molecule has 0 spiro atoms. The molecule has 0 aliphatic carbocycles. The molecule has 226 valence electrons. The molecule has 45 heavy (non-hydrogen) atoms. The third-order valence-electron chi connectivity index (χ3n) is 6.51. The summed E-state index contributed by atoms with van der Waals surface area (Å²) in [6, 6.07) is 32.8. The Morgan fingerprint density at radius 2 is 1.60 bits per heavy atom. The number of rotatable bonds is 11. The minimum absolute atomic E-state index is 0.0950. The Morgan fingerprint density at radius 3 is 2.36 bits per heavy atom. The first kappa shape index (κ1) is 31.2. The molecule has 1 unspecified atom stereocenters. The highest BCUT2D eigenvalue weighted by Gasteiger charge is 2.18. The average molecular weight is 635 g/mol. The first-order valence-corrected chi connectivity index (χ1v) is 15.8. The number of hydrogen-bond donors (Lipinski definition) is 3. The van der Waals surface area contributed by atoms with E-state index in [4.69, 9.17) is 4.74 Å². The molecule has 3 N–H and O–H groups in total. The predicted octanol–water partition coefficient (Wildman–Crippen LogP) is 7.35. The number of carbonyl (C=O) groups excluding carboxylic acids is 3. The van der Waals surface area contributed by atoms with E-state index in [1.165, 1.54) is 23.1 Å². The summed E-state index contributed by atoms with van der Waals surface area (Å²) in [5.41, 5.74) is 3.46. The van der Waals surface area contributed by atoms with Gasteiger partial charge < -0.3 is 20.7 Å². The van der Waals surface area contributed by atoms with Crippen molar-refractivity contribution in [3.05, 3.63) is 131 Å². The molecule has 0 fully saturated rings. The Kier molecular flexibility index (Phi) is 10.4. The van der Waals surface area contributed by atoms with Gasteiger partial charge in [-0.05, 0) is 61.0 Å². The molecule has 0 saturated heterocycles. The van der Waals surface area contributed by atoms with Gasteiger partial charge in [-0.3, -0.25) is 14.4 Å². The van der Waals surface area contributed by atoms with Crippen LogP contribution in [0, 0.1) is 0 Å². The van der Waals surface area contributed by atoms with Crippen molar-refractivity contribution in [1.29, 1.82) is 0 Å². The lowest BCUT2D eigenvalue weighted by molar-refractivity contribution is -0.115. The molecule has 1 heterocycles. The zero-order valence-electron chi connectivity index (χ0n) is 24.5. The van der Waals surface area contributed by atoms with E-state index in [2.05, 4.69) is 20.9 Å². The second-order valence-electron chi connectivity index (χ2n) is 9.79. The zero-order valence-corrected chi connectivity index (χ0v) is 26.2. The van der Waals surface area contributed by atoms with E-state index < -0.39 is 17.1 Å². The van der Waals surface area contributed by atoms with Crippen molar-refractivity contribution in [3.63, 3.8) is 0 Å². The van der Waals surface area contributed by atoms with Crippen LogP contribution in [0.15, 0.2) is 125 Å². The van der Waals surface area contributed by atoms with Crippen LogP contribution in [0.2, 0.25) is 0 Å². The molecule has 0 saturated carbocycles. The van der Waals surface area contributed by atoms with Crippen LogP contribution in [0.1, 0.15) is 22.8 Å². The fourth-order valence-electron chi connectivity index (χ4n) is 4.21. The molecule has 5 rings (SSSR count). The quantitative estimate of drug-likeness (QED) is 0.104. The summed E-state index contributed by atoms with van der Waals surface area (Å²) in [7, 11) is 1.61. The van der Waals surface area contributed by atoms with Gasteiger partial charge in [-0.25, -0.2) is 4.98 Å². The number of aromatic nitrogens is 1. The normalized spacial score (nSPS) is 11.7. The molecule has 8 nitrogen and oxygen atoms in total. The molecule has 1 atom stereocenters. The van der Waals surface area contributed by atoms with Crippen molar-refractivity contribution in [2.75, 3.05) is 17.7 Å². The van der Waals surface area contributed by atoms with E-state index in [1.807, 2.05) is 79.0 Å². The number of nitrogens with one attached hydrogen (secondary N) is 3. The highest BCUT2D eigenvalue weighted by Crippen LogP contribution is 2.30. The Labute approximate surface area is 269 Å². The van der Waals surface area contributed by atoms with Crippen LogP contribution >= 0.6 is 23.1 Å². The van der Waals surface area contributed by atoms with Gasteiger partial charge in [0.15, 0.2) is 5.13 Å². The van der Waals surface area contributed by atoms with E-state index in [0.717, 1.165) is 27.5 Å². The van der Waals surface area contributed by atoms with Crippen molar-refractivity contribution in [2.24, 2.45) is 0 Å². The Balaban J connectivity index is 1.24. The summed E-state index contributed by atoms with van der Waals surface area (Å²) in [6.07, 6.45) is 1.62. The third-order valence-corrected chi connectivity index (χ3v) is 8.36. The maximum Gasteiger partial charge on any atom is 0.272 e. The van der Waals surface area contributed by atoms with Crippen LogP contribution in [0.5, 0.6) is 5.75 Å². The molecule has 4 aromatic carbocycles. The fourth-order valence-corrected chi connectivity index (χ4v) is 5.86. The number of nitrogens with zero attached hydrogens (tertiary/aromatic N) is 1. The summed E-state index contributed by atoms with van der Waals surface area (Å²) in [5, 5.41) is 10.5. The highest BCUT2D eigenvalue weighted by molar-refractivity contribution is 8.00. The molecule has 5 aromatic rings. The lowest BCUT2D eigenvalue weighted by atomic mass is 10.1. The summed E-state index contributed by atoms with van der Waals surface area (Å²) in [5.74, 6) is -0.341. The number of carbonyl (C=O) groups is 3. The van der Waals surface area contributed by atoms with Crippen LogP contribution in [0.3, 0.4) is 0 Å². The number of methoxy groups -OCH3 is 1. The van der Waals surface area contributed by atoms with Gasteiger partial charge in [-0.15, -0.1) is 23.1 Å². The standard InChI is InChI=1S/C35H30N4O4S2/c1-23(32(40)39-35-38-31(22-44-35)26-15-9-17-28(20-26)43-2)45-29-18-10-16-27(21-29)36-34(42)30(19-24-11-5-3-6-12-24)37-33(41)25-13-7-4-8-14-25/h3-23H,1-2H3,(H,36,42)(H,37,41)(H,38,39,40)/b30-19-. The van der Waals surface area contributed by atoms with Gasteiger partial charge in [0, 0.05) is 27.1 Å². The molecular weight excluding hydrogens is 605 g/mol. The van der Waals surface area contributed by atoms with Gasteiger partial charge in [-0.2, -0.15) is 0 Å².